The van der Waals surface area contributed by atoms with E-state index in [0.717, 1.165) is 19.3 Å². The Labute approximate surface area is 98.8 Å². The van der Waals surface area contributed by atoms with E-state index in [1.165, 1.54) is 12.3 Å². The molecule has 5 heteroatoms. The molecule has 2 fully saturated rings. The zero-order valence-corrected chi connectivity index (χ0v) is 9.30. The van der Waals surface area contributed by atoms with Crippen molar-refractivity contribution in [3.05, 3.63) is 23.9 Å². The molecule has 1 aromatic rings. The number of pyridine rings is 1. The second-order valence-electron chi connectivity index (χ2n) is 4.60. The van der Waals surface area contributed by atoms with Gasteiger partial charge in [0.15, 0.2) is 0 Å². The van der Waals surface area contributed by atoms with Gasteiger partial charge < -0.3 is 15.2 Å². The van der Waals surface area contributed by atoms with Crippen LogP contribution >= 0.6 is 0 Å². The summed E-state index contributed by atoms with van der Waals surface area (Å²) < 4.78 is 5.73. The van der Waals surface area contributed by atoms with E-state index < -0.39 is 5.97 Å². The van der Waals surface area contributed by atoms with Crippen molar-refractivity contribution in [3.8, 4) is 0 Å². The van der Waals surface area contributed by atoms with Crippen molar-refractivity contribution >= 4 is 11.8 Å². The third kappa shape index (κ3) is 1.98. The lowest BCUT2D eigenvalue weighted by Crippen LogP contribution is -2.30. The second-order valence-corrected chi connectivity index (χ2v) is 4.60. The number of carboxylic acid groups (broad SMARTS) is 1. The maximum Gasteiger partial charge on any atom is 0.335 e. The van der Waals surface area contributed by atoms with E-state index >= 15 is 0 Å². The Morgan fingerprint density at radius 2 is 2.41 bits per heavy atom. The average Bonchev–Trinajstić information content (AvgIpc) is 2.91. The lowest BCUT2D eigenvalue weighted by atomic mass is 9.95. The zero-order valence-electron chi connectivity index (χ0n) is 9.30. The highest BCUT2D eigenvalue weighted by Gasteiger charge is 2.40. The molecule has 5 nitrogen and oxygen atoms in total. The SMILES string of the molecule is O=C(O)c1ccnc(NC2CC3CCC2O3)c1. The fraction of sp³-hybridized carbons (Fsp3) is 0.500. The first-order chi connectivity index (χ1) is 8.22. The molecule has 0 spiro atoms. The molecule has 3 heterocycles. The Balaban J connectivity index is 1.73. The minimum atomic E-state index is -0.931. The Bertz CT molecular complexity index is 449. The van der Waals surface area contributed by atoms with Crippen LogP contribution in [0.25, 0.3) is 0 Å². The highest BCUT2D eigenvalue weighted by Crippen LogP contribution is 2.35. The molecule has 2 aliphatic rings. The number of fused-ring (bicyclic) bond motifs is 2. The lowest BCUT2D eigenvalue weighted by molar-refractivity contribution is 0.0697. The van der Waals surface area contributed by atoms with Crippen molar-refractivity contribution in [1.82, 2.24) is 4.98 Å². The molecule has 0 aliphatic carbocycles. The van der Waals surface area contributed by atoms with Crippen LogP contribution in [-0.4, -0.2) is 34.3 Å². The topological polar surface area (TPSA) is 71.5 Å². The fourth-order valence-corrected chi connectivity index (χ4v) is 2.62. The van der Waals surface area contributed by atoms with E-state index in [0.29, 0.717) is 11.9 Å². The highest BCUT2D eigenvalue weighted by molar-refractivity contribution is 5.88. The van der Waals surface area contributed by atoms with Gasteiger partial charge in [0.05, 0.1) is 23.8 Å². The van der Waals surface area contributed by atoms with Crippen LogP contribution in [0.1, 0.15) is 29.6 Å². The lowest BCUT2D eigenvalue weighted by Gasteiger charge is -2.20. The summed E-state index contributed by atoms with van der Waals surface area (Å²) in [5, 5.41) is 12.2. The molecule has 2 aliphatic heterocycles. The van der Waals surface area contributed by atoms with Gasteiger partial charge in [-0.05, 0) is 31.4 Å². The number of hydrogen-bond donors (Lipinski definition) is 2. The van der Waals surface area contributed by atoms with Crippen molar-refractivity contribution in [2.24, 2.45) is 0 Å². The van der Waals surface area contributed by atoms with Gasteiger partial charge in [-0.15, -0.1) is 0 Å². The molecule has 3 atom stereocenters. The predicted octanol–water partition coefficient (Wildman–Crippen LogP) is 1.51. The fourth-order valence-electron chi connectivity index (χ4n) is 2.62. The number of nitrogens with zero attached hydrogens (tertiary/aromatic N) is 1. The second kappa shape index (κ2) is 4.00. The van der Waals surface area contributed by atoms with Crippen LogP contribution in [0.5, 0.6) is 0 Å². The maximum atomic E-state index is 10.8. The van der Waals surface area contributed by atoms with Crippen LogP contribution in [0.3, 0.4) is 0 Å². The molecule has 3 unspecified atom stereocenters. The minimum Gasteiger partial charge on any atom is -0.478 e. The molecule has 2 saturated heterocycles. The number of carboxylic acids is 1. The maximum absolute atomic E-state index is 10.8. The highest BCUT2D eigenvalue weighted by atomic mass is 16.5. The van der Waals surface area contributed by atoms with Gasteiger partial charge in [-0.25, -0.2) is 9.78 Å². The predicted molar refractivity (Wildman–Crippen MR) is 61.1 cm³/mol. The molecule has 0 amide bonds. The molecule has 2 N–H and O–H groups in total. The van der Waals surface area contributed by atoms with E-state index in [2.05, 4.69) is 10.3 Å². The number of aromatic carboxylic acids is 1. The van der Waals surface area contributed by atoms with Crippen molar-refractivity contribution in [2.75, 3.05) is 5.32 Å². The van der Waals surface area contributed by atoms with Gasteiger partial charge in [-0.2, -0.15) is 0 Å². The number of carbonyl (C=O) groups is 1. The largest absolute Gasteiger partial charge is 0.478 e. The van der Waals surface area contributed by atoms with Crippen LogP contribution in [0, 0.1) is 0 Å². The van der Waals surface area contributed by atoms with Gasteiger partial charge in [-0.1, -0.05) is 0 Å². The summed E-state index contributed by atoms with van der Waals surface area (Å²) in [6.45, 7) is 0. The number of nitrogens with one attached hydrogen (secondary N) is 1. The van der Waals surface area contributed by atoms with E-state index in [4.69, 9.17) is 9.84 Å². The Morgan fingerprint density at radius 3 is 3.06 bits per heavy atom. The van der Waals surface area contributed by atoms with Crippen molar-refractivity contribution in [3.63, 3.8) is 0 Å². The van der Waals surface area contributed by atoms with Crippen molar-refractivity contribution in [2.45, 2.75) is 37.5 Å². The van der Waals surface area contributed by atoms with Gasteiger partial charge >= 0.3 is 5.97 Å². The number of anilines is 1. The quantitative estimate of drug-likeness (QED) is 0.829. The minimum absolute atomic E-state index is 0.256. The number of rotatable bonds is 3. The van der Waals surface area contributed by atoms with Gasteiger partial charge in [0.1, 0.15) is 5.82 Å². The average molecular weight is 234 g/mol. The van der Waals surface area contributed by atoms with Crippen LogP contribution in [0.4, 0.5) is 5.82 Å². The summed E-state index contributed by atoms with van der Waals surface area (Å²) in [6, 6.07) is 3.32. The summed E-state index contributed by atoms with van der Waals surface area (Å²) in [5.74, 6) is -0.314. The molecule has 3 rings (SSSR count). The number of aromatic nitrogens is 1. The van der Waals surface area contributed by atoms with E-state index in [9.17, 15) is 4.79 Å². The summed E-state index contributed by atoms with van der Waals surface area (Å²) in [6.07, 6.45) is 5.37. The first-order valence-corrected chi connectivity index (χ1v) is 5.84. The third-order valence-electron chi connectivity index (χ3n) is 3.45. The molecule has 90 valence electrons. The normalized spacial score (nSPS) is 30.5. The van der Waals surface area contributed by atoms with Crippen molar-refractivity contribution < 1.29 is 14.6 Å². The molecule has 1 aromatic heterocycles. The molecular formula is C12H14N2O3. The van der Waals surface area contributed by atoms with Crippen LogP contribution in [0.15, 0.2) is 18.3 Å². The molecule has 0 radical (unpaired) electrons. The molecular weight excluding hydrogens is 220 g/mol. The summed E-state index contributed by atoms with van der Waals surface area (Å²) in [7, 11) is 0. The Morgan fingerprint density at radius 1 is 1.53 bits per heavy atom. The Hall–Kier alpha value is -1.62. The van der Waals surface area contributed by atoms with Crippen LogP contribution in [0.2, 0.25) is 0 Å². The number of hydrogen-bond acceptors (Lipinski definition) is 4. The van der Waals surface area contributed by atoms with Gasteiger partial charge in [0.25, 0.3) is 0 Å². The summed E-state index contributed by atoms with van der Waals surface area (Å²) in [4.78, 5) is 15.0. The third-order valence-corrected chi connectivity index (χ3v) is 3.45. The molecule has 0 saturated carbocycles. The molecule has 17 heavy (non-hydrogen) atoms. The van der Waals surface area contributed by atoms with Gasteiger partial charge in [-0.3, -0.25) is 0 Å². The first kappa shape index (κ1) is 10.5. The monoisotopic (exact) mass is 234 g/mol. The van der Waals surface area contributed by atoms with Crippen LogP contribution in [-0.2, 0) is 4.74 Å². The summed E-state index contributed by atoms with van der Waals surface area (Å²) >= 11 is 0. The van der Waals surface area contributed by atoms with Gasteiger partial charge in [0, 0.05) is 6.20 Å². The molecule has 2 bridgehead atoms. The summed E-state index contributed by atoms with van der Waals surface area (Å²) in [5.41, 5.74) is 0.256. The van der Waals surface area contributed by atoms with E-state index in [1.54, 1.807) is 6.07 Å². The van der Waals surface area contributed by atoms with E-state index in [-0.39, 0.29) is 17.7 Å². The standard InChI is InChI=1S/C12H14N2O3/c15-12(16)7-3-4-13-11(5-7)14-9-6-8-1-2-10(9)17-8/h3-5,8-10H,1-2,6H2,(H,13,14)(H,15,16). The van der Waals surface area contributed by atoms with Crippen molar-refractivity contribution in [1.29, 1.82) is 0 Å². The molecule has 0 aromatic carbocycles. The number of ether oxygens (including phenoxy) is 1. The zero-order chi connectivity index (χ0) is 11.8. The smallest absolute Gasteiger partial charge is 0.335 e. The first-order valence-electron chi connectivity index (χ1n) is 5.84. The Kier molecular flexibility index (Phi) is 2.48. The van der Waals surface area contributed by atoms with Crippen LogP contribution < -0.4 is 5.32 Å². The van der Waals surface area contributed by atoms with E-state index in [1.807, 2.05) is 0 Å². The van der Waals surface area contributed by atoms with Gasteiger partial charge in [0.2, 0.25) is 0 Å².